The number of carbonyl (C=O) groups is 3. The summed E-state index contributed by atoms with van der Waals surface area (Å²) in [6.07, 6.45) is -0.543. The molecule has 182 valence electrons. The minimum atomic E-state index is -5.08. The second-order valence-electron chi connectivity index (χ2n) is 7.88. The van der Waals surface area contributed by atoms with E-state index >= 15 is 0 Å². The SMILES string of the molecule is COCCN1C(=O)C2(CCN(C(=O)c3ccncc3)CC2)c2ccccc21.O=C(O)C(F)(F)F. The highest BCUT2D eigenvalue weighted by Crippen LogP contribution is 2.47. The minimum absolute atomic E-state index is 0.00206. The van der Waals surface area contributed by atoms with Gasteiger partial charge in [0.25, 0.3) is 5.91 Å². The van der Waals surface area contributed by atoms with Crippen LogP contribution in [0.3, 0.4) is 0 Å². The van der Waals surface area contributed by atoms with Crippen molar-refractivity contribution >= 4 is 23.5 Å². The molecule has 34 heavy (non-hydrogen) atoms. The maximum absolute atomic E-state index is 13.4. The zero-order chi connectivity index (χ0) is 24.9. The molecule has 0 bridgehead atoms. The lowest BCUT2D eigenvalue weighted by Crippen LogP contribution is -2.50. The van der Waals surface area contributed by atoms with Crippen LogP contribution in [0.1, 0.15) is 28.8 Å². The molecule has 2 aromatic rings. The van der Waals surface area contributed by atoms with Gasteiger partial charge in [0.1, 0.15) is 0 Å². The topological polar surface area (TPSA) is 100 Å². The smallest absolute Gasteiger partial charge is 0.475 e. The monoisotopic (exact) mass is 479 g/mol. The van der Waals surface area contributed by atoms with Crippen LogP contribution in [0, 0.1) is 0 Å². The quantitative estimate of drug-likeness (QED) is 0.724. The first-order valence-electron chi connectivity index (χ1n) is 10.5. The molecule has 0 atom stereocenters. The van der Waals surface area contributed by atoms with Crippen molar-refractivity contribution in [2.45, 2.75) is 24.4 Å². The third kappa shape index (κ3) is 5.04. The average Bonchev–Trinajstić information content (AvgIpc) is 3.05. The molecule has 2 aliphatic rings. The van der Waals surface area contributed by atoms with Gasteiger partial charge in [0, 0.05) is 50.4 Å². The normalized spacial score (nSPS) is 16.6. The van der Waals surface area contributed by atoms with E-state index in [0.717, 1.165) is 11.3 Å². The van der Waals surface area contributed by atoms with E-state index in [2.05, 4.69) is 11.1 Å². The predicted octanol–water partition coefficient (Wildman–Crippen LogP) is 2.88. The Morgan fingerprint density at radius 3 is 2.26 bits per heavy atom. The summed E-state index contributed by atoms with van der Waals surface area (Å²) in [6.45, 7) is 2.19. The van der Waals surface area contributed by atoms with Crippen molar-refractivity contribution in [3.63, 3.8) is 0 Å². The highest BCUT2D eigenvalue weighted by atomic mass is 19.4. The molecule has 3 heterocycles. The van der Waals surface area contributed by atoms with Crippen LogP contribution < -0.4 is 4.90 Å². The van der Waals surface area contributed by atoms with Crippen LogP contribution in [0.2, 0.25) is 0 Å². The highest BCUT2D eigenvalue weighted by Gasteiger charge is 2.52. The van der Waals surface area contributed by atoms with Crippen LogP contribution in [0.5, 0.6) is 0 Å². The summed E-state index contributed by atoms with van der Waals surface area (Å²) < 4.78 is 36.9. The van der Waals surface area contributed by atoms with E-state index in [9.17, 15) is 22.8 Å². The van der Waals surface area contributed by atoms with Gasteiger partial charge in [-0.3, -0.25) is 14.6 Å². The van der Waals surface area contributed by atoms with E-state index in [4.69, 9.17) is 14.6 Å². The molecule has 1 saturated heterocycles. The molecule has 0 radical (unpaired) electrons. The summed E-state index contributed by atoms with van der Waals surface area (Å²) in [5.41, 5.74) is 2.18. The Labute approximate surface area is 193 Å². The summed E-state index contributed by atoms with van der Waals surface area (Å²) in [6, 6.07) is 11.5. The molecule has 1 fully saturated rings. The number of carboxylic acids is 1. The molecular weight excluding hydrogens is 455 g/mol. The van der Waals surface area contributed by atoms with E-state index < -0.39 is 17.6 Å². The fourth-order valence-electron chi connectivity index (χ4n) is 4.25. The van der Waals surface area contributed by atoms with E-state index in [1.165, 1.54) is 0 Å². The molecule has 2 aliphatic heterocycles. The molecule has 1 aromatic heterocycles. The Kier molecular flexibility index (Phi) is 7.55. The third-order valence-corrected chi connectivity index (χ3v) is 5.96. The summed E-state index contributed by atoms with van der Waals surface area (Å²) in [5.74, 6) is -2.62. The molecule has 0 saturated carbocycles. The van der Waals surface area contributed by atoms with Gasteiger partial charge >= 0.3 is 12.1 Å². The first-order chi connectivity index (χ1) is 16.1. The molecule has 1 spiro atoms. The van der Waals surface area contributed by atoms with E-state index in [1.807, 2.05) is 28.0 Å². The number of hydrogen-bond acceptors (Lipinski definition) is 5. The van der Waals surface area contributed by atoms with Gasteiger partial charge in [0.05, 0.1) is 12.0 Å². The third-order valence-electron chi connectivity index (χ3n) is 5.96. The number of aromatic nitrogens is 1. The molecular formula is C23H24F3N3O5. The largest absolute Gasteiger partial charge is 0.490 e. The van der Waals surface area contributed by atoms with Crippen molar-refractivity contribution < 1.29 is 37.4 Å². The number of benzene rings is 1. The number of carboxylic acid groups (broad SMARTS) is 1. The Bertz CT molecular complexity index is 1040. The number of halogens is 3. The number of para-hydroxylation sites is 1. The number of rotatable bonds is 4. The Morgan fingerprint density at radius 1 is 1.12 bits per heavy atom. The van der Waals surface area contributed by atoms with Gasteiger partial charge in [-0.25, -0.2) is 4.79 Å². The van der Waals surface area contributed by atoms with Crippen molar-refractivity contribution in [2.24, 2.45) is 0 Å². The van der Waals surface area contributed by atoms with Crippen LogP contribution >= 0.6 is 0 Å². The van der Waals surface area contributed by atoms with Crippen LogP contribution in [0.4, 0.5) is 18.9 Å². The Balaban J connectivity index is 0.000000406. The molecule has 11 heteroatoms. The van der Waals surface area contributed by atoms with Crippen molar-refractivity contribution in [1.29, 1.82) is 0 Å². The average molecular weight is 479 g/mol. The molecule has 0 aliphatic carbocycles. The van der Waals surface area contributed by atoms with Crippen LogP contribution in [0.15, 0.2) is 48.8 Å². The van der Waals surface area contributed by atoms with Gasteiger partial charge in [0.15, 0.2) is 0 Å². The molecule has 4 rings (SSSR count). The van der Waals surface area contributed by atoms with Gasteiger partial charge in [-0.05, 0) is 36.6 Å². The molecule has 8 nitrogen and oxygen atoms in total. The van der Waals surface area contributed by atoms with Crippen LogP contribution in [-0.2, 0) is 19.7 Å². The number of fused-ring (bicyclic) bond motifs is 2. The summed E-state index contributed by atoms with van der Waals surface area (Å²) in [7, 11) is 1.64. The number of nitrogens with zero attached hydrogens (tertiary/aromatic N) is 3. The first-order valence-corrected chi connectivity index (χ1v) is 10.5. The van der Waals surface area contributed by atoms with Gasteiger partial charge in [-0.15, -0.1) is 0 Å². The number of piperidine rings is 1. The lowest BCUT2D eigenvalue weighted by atomic mass is 9.73. The fraction of sp³-hybridized carbons (Fsp3) is 0.391. The lowest BCUT2D eigenvalue weighted by molar-refractivity contribution is -0.192. The summed E-state index contributed by atoms with van der Waals surface area (Å²) in [5, 5.41) is 7.12. The Morgan fingerprint density at radius 2 is 1.71 bits per heavy atom. The van der Waals surface area contributed by atoms with Crippen molar-refractivity contribution in [1.82, 2.24) is 9.88 Å². The number of methoxy groups -OCH3 is 1. The number of hydrogen-bond donors (Lipinski definition) is 1. The molecule has 2 amide bonds. The number of carbonyl (C=O) groups excluding carboxylic acids is 2. The molecule has 1 aromatic carbocycles. The number of likely N-dealkylation sites (tertiary alicyclic amines) is 1. The zero-order valence-corrected chi connectivity index (χ0v) is 18.4. The minimum Gasteiger partial charge on any atom is -0.475 e. The predicted molar refractivity (Wildman–Crippen MR) is 115 cm³/mol. The number of anilines is 1. The fourth-order valence-corrected chi connectivity index (χ4v) is 4.25. The number of aliphatic carboxylic acids is 1. The summed E-state index contributed by atoms with van der Waals surface area (Å²) in [4.78, 5) is 42.6. The van der Waals surface area contributed by atoms with Crippen LogP contribution in [0.25, 0.3) is 0 Å². The van der Waals surface area contributed by atoms with Gasteiger partial charge in [-0.2, -0.15) is 13.2 Å². The summed E-state index contributed by atoms with van der Waals surface area (Å²) >= 11 is 0. The van der Waals surface area contributed by atoms with E-state index in [1.54, 1.807) is 31.6 Å². The maximum atomic E-state index is 13.4. The van der Waals surface area contributed by atoms with Gasteiger partial charge in [-0.1, -0.05) is 18.2 Å². The number of alkyl halides is 3. The van der Waals surface area contributed by atoms with Crippen molar-refractivity contribution in [2.75, 3.05) is 38.3 Å². The van der Waals surface area contributed by atoms with E-state index in [-0.39, 0.29) is 11.8 Å². The van der Waals surface area contributed by atoms with Crippen molar-refractivity contribution in [3.8, 4) is 0 Å². The number of amides is 2. The second-order valence-corrected chi connectivity index (χ2v) is 7.88. The zero-order valence-electron chi connectivity index (χ0n) is 18.4. The Hall–Kier alpha value is -3.47. The first kappa shape index (κ1) is 25.2. The van der Waals surface area contributed by atoms with Crippen molar-refractivity contribution in [3.05, 3.63) is 59.9 Å². The second kappa shape index (κ2) is 10.2. The number of pyridine rings is 1. The molecule has 0 unspecified atom stereocenters. The standard InChI is InChI=1S/C21H23N3O3.C2HF3O2/c1-27-15-14-24-18-5-3-2-4-17(18)21(20(24)26)8-12-23(13-9-21)19(25)16-6-10-22-11-7-16;3-2(4,5)1(6)7/h2-7,10-11H,8-9,12-15H2,1H3;(H,6,7). The van der Waals surface area contributed by atoms with E-state index in [0.29, 0.717) is 44.6 Å². The number of ether oxygens (including phenoxy) is 1. The highest BCUT2D eigenvalue weighted by molar-refractivity contribution is 6.08. The van der Waals surface area contributed by atoms with Gasteiger partial charge < -0.3 is 19.6 Å². The van der Waals surface area contributed by atoms with Gasteiger partial charge in [0.2, 0.25) is 5.91 Å². The lowest BCUT2D eigenvalue weighted by Gasteiger charge is -2.38. The molecule has 1 N–H and O–H groups in total. The van der Waals surface area contributed by atoms with Crippen LogP contribution in [-0.4, -0.2) is 72.3 Å². The maximum Gasteiger partial charge on any atom is 0.490 e.